The Labute approximate surface area is 167 Å². The normalized spacial score (nSPS) is 25.2. The van der Waals surface area contributed by atoms with Gasteiger partial charge in [-0.25, -0.2) is 4.79 Å². The summed E-state index contributed by atoms with van der Waals surface area (Å²) in [4.78, 5) is 41.2. The van der Waals surface area contributed by atoms with E-state index in [1.807, 2.05) is 17.5 Å². The lowest BCUT2D eigenvalue weighted by atomic mass is 9.92. The first-order valence-electron chi connectivity index (χ1n) is 9.28. The first-order valence-corrected chi connectivity index (χ1v) is 10.2. The van der Waals surface area contributed by atoms with E-state index in [1.54, 1.807) is 42.5 Å². The number of carbonyl (C=O) groups excluding carboxylic acids is 3. The fourth-order valence-electron chi connectivity index (χ4n) is 3.87. The summed E-state index contributed by atoms with van der Waals surface area (Å²) in [7, 11) is 0. The molecule has 2 atom stereocenters. The smallest absolute Gasteiger partial charge is 0.318 e. The van der Waals surface area contributed by atoms with Crippen molar-refractivity contribution in [3.05, 3.63) is 58.3 Å². The van der Waals surface area contributed by atoms with Gasteiger partial charge in [0, 0.05) is 10.9 Å². The Balaban J connectivity index is 1.43. The van der Waals surface area contributed by atoms with Gasteiger partial charge in [0.25, 0.3) is 11.8 Å². The van der Waals surface area contributed by atoms with Crippen LogP contribution in [0.1, 0.15) is 36.2 Å². The van der Waals surface area contributed by atoms with Crippen LogP contribution in [0.15, 0.2) is 47.8 Å². The first-order chi connectivity index (χ1) is 13.5. The summed E-state index contributed by atoms with van der Waals surface area (Å²) in [5.41, 5.74) is 1.96. The second-order valence-corrected chi connectivity index (χ2v) is 8.22. The Morgan fingerprint density at radius 2 is 2.04 bits per heavy atom. The van der Waals surface area contributed by atoms with Crippen LogP contribution in [0.2, 0.25) is 0 Å². The molecule has 0 bridgehead atoms. The van der Waals surface area contributed by atoms with E-state index in [2.05, 4.69) is 21.7 Å². The average Bonchev–Trinajstić information content (AvgIpc) is 3.41. The highest BCUT2D eigenvalue weighted by Crippen LogP contribution is 2.34. The minimum Gasteiger partial charge on any atom is -0.318 e. The maximum Gasteiger partial charge on any atom is 0.344 e. The summed E-state index contributed by atoms with van der Waals surface area (Å²) in [6, 6.07) is 12.7. The number of hydrogen-bond donors (Lipinski definition) is 2. The first kappa shape index (κ1) is 18.6. The number of hydrazine groups is 1. The molecule has 2 fully saturated rings. The van der Waals surface area contributed by atoms with Crippen LogP contribution in [0.5, 0.6) is 0 Å². The lowest BCUT2D eigenvalue weighted by molar-refractivity contribution is -0.139. The number of hydrogen-bond acceptors (Lipinski definition) is 5. The third-order valence-electron chi connectivity index (χ3n) is 5.36. The van der Waals surface area contributed by atoms with Gasteiger partial charge in [-0.2, -0.15) is 5.01 Å². The molecule has 4 rings (SSSR count). The van der Waals surface area contributed by atoms with Gasteiger partial charge in [-0.1, -0.05) is 36.4 Å². The van der Waals surface area contributed by atoms with Crippen LogP contribution in [0.4, 0.5) is 4.79 Å². The molecular formula is C20H22N4O3S. The molecule has 7 nitrogen and oxygen atoms in total. The molecule has 2 aliphatic heterocycles. The predicted molar refractivity (Wildman–Crippen MR) is 105 cm³/mol. The Bertz CT molecular complexity index is 886. The van der Waals surface area contributed by atoms with E-state index in [0.717, 1.165) is 24.4 Å². The van der Waals surface area contributed by atoms with Crippen molar-refractivity contribution >= 4 is 29.2 Å². The molecule has 0 aliphatic carbocycles. The zero-order valence-electron chi connectivity index (χ0n) is 15.6. The van der Waals surface area contributed by atoms with Gasteiger partial charge < -0.3 is 5.32 Å². The molecule has 0 radical (unpaired) electrons. The van der Waals surface area contributed by atoms with Gasteiger partial charge in [0.05, 0.1) is 6.54 Å². The molecule has 3 heterocycles. The fourth-order valence-corrected chi connectivity index (χ4v) is 4.77. The molecule has 1 aromatic carbocycles. The molecule has 1 aromatic heterocycles. The summed E-state index contributed by atoms with van der Waals surface area (Å²) in [5, 5.41) is 5.52. The molecule has 2 N–H and O–H groups in total. The maximum atomic E-state index is 12.9. The number of rotatable bonds is 5. The summed E-state index contributed by atoms with van der Waals surface area (Å²) in [6.45, 7) is 2.60. The number of benzene rings is 1. The number of imide groups is 1. The van der Waals surface area contributed by atoms with Crippen molar-refractivity contribution in [2.24, 2.45) is 0 Å². The minimum atomic E-state index is -1.20. The SMILES string of the molecule is C[C@@]1(c2ccccc2)NC(=O)N(NC(=O)CN2CCC[C@@H]2c2cccs2)C1=O. The zero-order chi connectivity index (χ0) is 19.7. The molecule has 28 heavy (non-hydrogen) atoms. The summed E-state index contributed by atoms with van der Waals surface area (Å²) < 4.78 is 0. The van der Waals surface area contributed by atoms with Gasteiger partial charge in [-0.3, -0.25) is 19.9 Å². The van der Waals surface area contributed by atoms with Crippen molar-refractivity contribution in [3.8, 4) is 0 Å². The van der Waals surface area contributed by atoms with E-state index in [0.29, 0.717) is 5.56 Å². The van der Waals surface area contributed by atoms with E-state index < -0.39 is 17.5 Å². The van der Waals surface area contributed by atoms with Crippen molar-refractivity contribution < 1.29 is 14.4 Å². The number of nitrogens with zero attached hydrogens (tertiary/aromatic N) is 2. The number of nitrogens with one attached hydrogen (secondary N) is 2. The summed E-state index contributed by atoms with van der Waals surface area (Å²) in [6.07, 6.45) is 2.02. The quantitative estimate of drug-likeness (QED) is 0.758. The molecule has 0 spiro atoms. The Kier molecular flexibility index (Phi) is 4.91. The number of thiophene rings is 1. The lowest BCUT2D eigenvalue weighted by Crippen LogP contribution is -2.50. The van der Waals surface area contributed by atoms with Crippen molar-refractivity contribution in [2.75, 3.05) is 13.1 Å². The molecular weight excluding hydrogens is 376 g/mol. The Morgan fingerprint density at radius 3 is 2.75 bits per heavy atom. The molecule has 2 aromatic rings. The van der Waals surface area contributed by atoms with Gasteiger partial charge >= 0.3 is 6.03 Å². The van der Waals surface area contributed by atoms with Crippen molar-refractivity contribution in [3.63, 3.8) is 0 Å². The standard InChI is InChI=1S/C20H22N4O3S/c1-20(14-7-3-2-4-8-14)18(26)24(19(27)21-20)22-17(25)13-23-11-5-9-15(23)16-10-6-12-28-16/h2-4,6-8,10,12,15H,5,9,11,13H2,1H3,(H,21,27)(H,22,25)/t15-,20+/m1/s1. The summed E-state index contributed by atoms with van der Waals surface area (Å²) >= 11 is 1.68. The van der Waals surface area contributed by atoms with Crippen LogP contribution in [-0.4, -0.2) is 40.8 Å². The number of amides is 4. The van der Waals surface area contributed by atoms with E-state index in [1.165, 1.54) is 4.88 Å². The second kappa shape index (κ2) is 7.37. The average molecular weight is 398 g/mol. The topological polar surface area (TPSA) is 81.8 Å². The molecule has 0 unspecified atom stereocenters. The minimum absolute atomic E-state index is 0.141. The zero-order valence-corrected chi connectivity index (χ0v) is 16.4. The number of urea groups is 1. The van der Waals surface area contributed by atoms with Crippen LogP contribution in [-0.2, 0) is 15.1 Å². The van der Waals surface area contributed by atoms with Gasteiger partial charge in [0.15, 0.2) is 0 Å². The molecule has 2 saturated heterocycles. The van der Waals surface area contributed by atoms with Crippen molar-refractivity contribution in [1.82, 2.24) is 20.7 Å². The maximum absolute atomic E-state index is 12.9. The highest BCUT2D eigenvalue weighted by atomic mass is 32.1. The van der Waals surface area contributed by atoms with E-state index in [4.69, 9.17) is 0 Å². The largest absolute Gasteiger partial charge is 0.344 e. The van der Waals surface area contributed by atoms with Crippen LogP contribution >= 0.6 is 11.3 Å². The van der Waals surface area contributed by atoms with Crippen molar-refractivity contribution in [2.45, 2.75) is 31.3 Å². The van der Waals surface area contributed by atoms with E-state index >= 15 is 0 Å². The number of likely N-dealkylation sites (tertiary alicyclic amines) is 1. The number of carbonyl (C=O) groups is 3. The Morgan fingerprint density at radius 1 is 1.25 bits per heavy atom. The summed E-state index contributed by atoms with van der Waals surface area (Å²) in [5.74, 6) is -0.863. The highest BCUT2D eigenvalue weighted by molar-refractivity contribution is 7.10. The van der Waals surface area contributed by atoms with E-state index in [-0.39, 0.29) is 18.5 Å². The highest BCUT2D eigenvalue weighted by Gasteiger charge is 2.50. The van der Waals surface area contributed by atoms with Crippen LogP contribution < -0.4 is 10.7 Å². The van der Waals surface area contributed by atoms with Gasteiger partial charge in [0.1, 0.15) is 5.54 Å². The second-order valence-electron chi connectivity index (χ2n) is 7.24. The van der Waals surface area contributed by atoms with Gasteiger partial charge in [0.2, 0.25) is 0 Å². The lowest BCUT2D eigenvalue weighted by Gasteiger charge is -2.25. The molecule has 146 valence electrons. The van der Waals surface area contributed by atoms with Crippen molar-refractivity contribution in [1.29, 1.82) is 0 Å². The molecule has 0 saturated carbocycles. The molecule has 8 heteroatoms. The third kappa shape index (κ3) is 3.29. The van der Waals surface area contributed by atoms with E-state index in [9.17, 15) is 14.4 Å². The molecule has 2 aliphatic rings. The third-order valence-corrected chi connectivity index (χ3v) is 6.33. The monoisotopic (exact) mass is 398 g/mol. The Hall–Kier alpha value is -2.71. The fraction of sp³-hybridized carbons (Fsp3) is 0.350. The van der Waals surface area contributed by atoms with Crippen LogP contribution in [0.3, 0.4) is 0 Å². The predicted octanol–water partition coefficient (Wildman–Crippen LogP) is 2.38. The molecule has 4 amide bonds. The van der Waals surface area contributed by atoms with Crippen LogP contribution in [0.25, 0.3) is 0 Å². The van der Waals surface area contributed by atoms with Crippen LogP contribution in [0, 0.1) is 0 Å². The van der Waals surface area contributed by atoms with Gasteiger partial charge in [-0.15, -0.1) is 11.3 Å². The van der Waals surface area contributed by atoms with Gasteiger partial charge in [-0.05, 0) is 43.3 Å².